The summed E-state index contributed by atoms with van der Waals surface area (Å²) < 4.78 is 7.17. The van der Waals surface area contributed by atoms with Gasteiger partial charge in [0.1, 0.15) is 5.82 Å². The van der Waals surface area contributed by atoms with Crippen molar-refractivity contribution in [2.24, 2.45) is 0 Å². The number of carbonyl (C=O) groups excluding carboxylic acids is 1. The first-order valence-electron chi connectivity index (χ1n) is 8.47. The van der Waals surface area contributed by atoms with Crippen LogP contribution in [0.2, 0.25) is 0 Å². The van der Waals surface area contributed by atoms with E-state index in [2.05, 4.69) is 39.5 Å². The van der Waals surface area contributed by atoms with Crippen molar-refractivity contribution in [3.8, 4) is 0 Å². The van der Waals surface area contributed by atoms with Crippen LogP contribution >= 0.6 is 11.8 Å². The zero-order valence-corrected chi connectivity index (χ0v) is 16.0. The van der Waals surface area contributed by atoms with Gasteiger partial charge in [-0.05, 0) is 6.92 Å². The molecular formula is C16H26N6O2S. The Hall–Kier alpha value is -1.87. The van der Waals surface area contributed by atoms with Gasteiger partial charge in [0, 0.05) is 31.9 Å². The van der Waals surface area contributed by atoms with Gasteiger partial charge in [0.2, 0.25) is 5.91 Å². The highest BCUT2D eigenvalue weighted by molar-refractivity contribution is 7.99. The highest BCUT2D eigenvalue weighted by atomic mass is 32.2. The molecule has 0 radical (unpaired) electrons. The smallest absolute Gasteiger partial charge is 0.216 e. The van der Waals surface area contributed by atoms with Crippen molar-refractivity contribution < 1.29 is 9.53 Å². The van der Waals surface area contributed by atoms with Crippen LogP contribution in [-0.2, 0) is 16.1 Å². The summed E-state index contributed by atoms with van der Waals surface area (Å²) >= 11 is 1.61. The fraction of sp³-hybridized carbons (Fsp3) is 0.625. The van der Waals surface area contributed by atoms with Crippen LogP contribution in [0.25, 0.3) is 11.0 Å². The molecule has 0 aromatic carbocycles. The van der Waals surface area contributed by atoms with Gasteiger partial charge >= 0.3 is 0 Å². The molecule has 2 N–H and O–H groups in total. The second-order valence-corrected chi connectivity index (χ2v) is 7.28. The predicted molar refractivity (Wildman–Crippen MR) is 100.0 cm³/mol. The number of aromatic nitrogens is 4. The Kier molecular flexibility index (Phi) is 7.45. The van der Waals surface area contributed by atoms with E-state index in [9.17, 15) is 4.79 Å². The van der Waals surface area contributed by atoms with Crippen LogP contribution in [0.4, 0.5) is 5.82 Å². The molecule has 2 aromatic heterocycles. The number of anilines is 1. The summed E-state index contributed by atoms with van der Waals surface area (Å²) in [5.41, 5.74) is 0.766. The normalized spacial score (nSPS) is 11.2. The van der Waals surface area contributed by atoms with Crippen molar-refractivity contribution in [1.29, 1.82) is 0 Å². The fourth-order valence-corrected chi connectivity index (χ4v) is 2.93. The molecule has 0 aliphatic heterocycles. The molecule has 0 unspecified atom stereocenters. The first-order valence-corrected chi connectivity index (χ1v) is 9.35. The average Bonchev–Trinajstić information content (AvgIpc) is 2.94. The molecule has 2 aromatic rings. The molecule has 0 aliphatic carbocycles. The number of amides is 1. The minimum Gasteiger partial charge on any atom is -0.380 e. The molecule has 25 heavy (non-hydrogen) atoms. The zero-order chi connectivity index (χ0) is 18.2. The second-order valence-electron chi connectivity index (χ2n) is 5.73. The fourth-order valence-electron chi connectivity index (χ4n) is 2.22. The molecule has 0 atom stereocenters. The summed E-state index contributed by atoms with van der Waals surface area (Å²) in [6.07, 6.45) is 1.76. The van der Waals surface area contributed by atoms with E-state index >= 15 is 0 Å². The minimum atomic E-state index is -0.0552. The van der Waals surface area contributed by atoms with Crippen LogP contribution in [-0.4, -0.2) is 57.2 Å². The third kappa shape index (κ3) is 5.86. The number of thioether (sulfide) groups is 1. The Morgan fingerprint density at radius 1 is 1.36 bits per heavy atom. The molecule has 8 nitrogen and oxygen atoms in total. The molecule has 0 aliphatic rings. The van der Waals surface area contributed by atoms with E-state index in [0.717, 1.165) is 16.9 Å². The number of nitrogens with one attached hydrogen (secondary N) is 2. The van der Waals surface area contributed by atoms with E-state index in [-0.39, 0.29) is 5.91 Å². The number of hydrogen-bond donors (Lipinski definition) is 2. The minimum absolute atomic E-state index is 0.0552. The highest BCUT2D eigenvalue weighted by Crippen LogP contribution is 2.26. The summed E-state index contributed by atoms with van der Waals surface area (Å²) in [5, 5.41) is 12.4. The van der Waals surface area contributed by atoms with Gasteiger partial charge in [-0.15, -0.1) is 0 Å². The van der Waals surface area contributed by atoms with Crippen LogP contribution in [0.15, 0.2) is 11.4 Å². The van der Waals surface area contributed by atoms with Crippen molar-refractivity contribution in [3.05, 3.63) is 6.20 Å². The Balaban J connectivity index is 2.24. The first-order chi connectivity index (χ1) is 12.0. The van der Waals surface area contributed by atoms with E-state index < -0.39 is 0 Å². The van der Waals surface area contributed by atoms with E-state index in [1.54, 1.807) is 22.6 Å². The van der Waals surface area contributed by atoms with Crippen molar-refractivity contribution in [2.45, 2.75) is 44.6 Å². The number of carbonyl (C=O) groups is 1. The maximum Gasteiger partial charge on any atom is 0.216 e. The summed E-state index contributed by atoms with van der Waals surface area (Å²) in [4.78, 5) is 20.3. The van der Waals surface area contributed by atoms with E-state index in [4.69, 9.17) is 4.74 Å². The van der Waals surface area contributed by atoms with Gasteiger partial charge in [-0.1, -0.05) is 25.6 Å². The number of fused-ring (bicyclic) bond motifs is 1. The van der Waals surface area contributed by atoms with Crippen LogP contribution in [0.5, 0.6) is 0 Å². The predicted octanol–water partition coefficient (Wildman–Crippen LogP) is 1.91. The van der Waals surface area contributed by atoms with Crippen LogP contribution in [0.3, 0.4) is 0 Å². The third-order valence-corrected chi connectivity index (χ3v) is 4.12. The monoisotopic (exact) mass is 366 g/mol. The topological polar surface area (TPSA) is 94.0 Å². The molecule has 0 fully saturated rings. The largest absolute Gasteiger partial charge is 0.380 e. The lowest BCUT2D eigenvalue weighted by Crippen LogP contribution is -2.24. The van der Waals surface area contributed by atoms with Crippen molar-refractivity contribution in [2.75, 3.05) is 31.6 Å². The number of rotatable bonds is 10. The molecule has 2 heterocycles. The SMILES string of the molecule is CCOCCNc1nc(SC(C)C)nc2c1cnn2CCNC(C)=O. The van der Waals surface area contributed by atoms with Crippen LogP contribution in [0, 0.1) is 0 Å². The third-order valence-electron chi connectivity index (χ3n) is 3.26. The van der Waals surface area contributed by atoms with Crippen LogP contribution in [0.1, 0.15) is 27.7 Å². The van der Waals surface area contributed by atoms with Crippen molar-refractivity contribution in [1.82, 2.24) is 25.1 Å². The summed E-state index contributed by atoms with van der Waals surface area (Å²) in [6.45, 7) is 10.7. The van der Waals surface area contributed by atoms with Crippen LogP contribution < -0.4 is 10.6 Å². The lowest BCUT2D eigenvalue weighted by molar-refractivity contribution is -0.118. The van der Waals surface area contributed by atoms with Gasteiger partial charge in [0.15, 0.2) is 10.8 Å². The molecule has 138 valence electrons. The summed E-state index contributed by atoms with van der Waals surface area (Å²) in [7, 11) is 0. The number of hydrogen-bond acceptors (Lipinski definition) is 7. The molecule has 0 bridgehead atoms. The van der Waals surface area contributed by atoms with Gasteiger partial charge in [-0.25, -0.2) is 14.6 Å². The molecule has 2 rings (SSSR count). The molecule has 0 saturated heterocycles. The maximum atomic E-state index is 11.0. The molecule has 9 heteroatoms. The van der Waals surface area contributed by atoms with Crippen molar-refractivity contribution in [3.63, 3.8) is 0 Å². The maximum absolute atomic E-state index is 11.0. The Bertz CT molecular complexity index is 703. The van der Waals surface area contributed by atoms with Gasteiger partial charge in [-0.2, -0.15) is 5.10 Å². The van der Waals surface area contributed by atoms with Crippen molar-refractivity contribution >= 4 is 34.5 Å². The highest BCUT2D eigenvalue weighted by Gasteiger charge is 2.14. The molecule has 0 spiro atoms. The molecular weight excluding hydrogens is 340 g/mol. The van der Waals surface area contributed by atoms with E-state index in [1.165, 1.54) is 6.92 Å². The van der Waals surface area contributed by atoms with E-state index in [1.807, 2.05) is 6.92 Å². The lowest BCUT2D eigenvalue weighted by Gasteiger charge is -2.10. The quantitative estimate of drug-likeness (QED) is 0.377. The van der Waals surface area contributed by atoms with Gasteiger partial charge in [-0.3, -0.25) is 4.79 Å². The van der Waals surface area contributed by atoms with Gasteiger partial charge in [0.05, 0.1) is 24.7 Å². The average molecular weight is 366 g/mol. The summed E-state index contributed by atoms with van der Waals surface area (Å²) in [6, 6.07) is 0. The Morgan fingerprint density at radius 3 is 2.84 bits per heavy atom. The Labute approximate surface area is 152 Å². The number of nitrogens with zero attached hydrogens (tertiary/aromatic N) is 4. The van der Waals surface area contributed by atoms with Gasteiger partial charge < -0.3 is 15.4 Å². The summed E-state index contributed by atoms with van der Waals surface area (Å²) in [5.74, 6) is 0.707. The molecule has 0 saturated carbocycles. The molecule has 1 amide bonds. The lowest BCUT2D eigenvalue weighted by atomic mass is 10.4. The zero-order valence-electron chi connectivity index (χ0n) is 15.2. The number of ether oxygens (including phenoxy) is 1. The second kappa shape index (κ2) is 9.57. The Morgan fingerprint density at radius 2 is 2.16 bits per heavy atom. The van der Waals surface area contributed by atoms with Gasteiger partial charge in [0.25, 0.3) is 0 Å². The first kappa shape index (κ1) is 19.5. The standard InChI is InChI=1S/C16H26N6O2S/c1-5-24-9-7-18-14-13-10-19-22(8-6-17-12(4)23)15(13)21-16(20-14)25-11(2)3/h10-11H,5-9H2,1-4H3,(H,17,23)(H,18,20,21). The van der Waals surface area contributed by atoms with E-state index in [0.29, 0.717) is 43.3 Å².